The fraction of sp³-hybridized carbons (Fsp3) is 0.364. The van der Waals surface area contributed by atoms with Gasteiger partial charge in [0.15, 0.2) is 5.69 Å². The lowest BCUT2D eigenvalue weighted by Gasteiger charge is -2.19. The van der Waals surface area contributed by atoms with Crippen LogP contribution in [0, 0.1) is 0 Å². The van der Waals surface area contributed by atoms with Gasteiger partial charge < -0.3 is 20.1 Å². The SMILES string of the molecule is COc1ccc(-c2cc(NC(=O)c3cn(CCCNC(=O)OC(C)(C)C)nn3)ncn2)cc1. The van der Waals surface area contributed by atoms with E-state index >= 15 is 0 Å². The predicted octanol–water partition coefficient (Wildman–Crippen LogP) is 2.91. The molecule has 0 saturated carbocycles. The van der Waals surface area contributed by atoms with Crippen molar-refractivity contribution in [3.63, 3.8) is 0 Å². The van der Waals surface area contributed by atoms with Gasteiger partial charge in [-0.25, -0.2) is 14.8 Å². The van der Waals surface area contributed by atoms with Crippen LogP contribution in [0.3, 0.4) is 0 Å². The van der Waals surface area contributed by atoms with E-state index < -0.39 is 17.6 Å². The maximum atomic E-state index is 12.5. The third-order valence-corrected chi connectivity index (χ3v) is 4.30. The Morgan fingerprint density at radius 2 is 1.88 bits per heavy atom. The lowest BCUT2D eigenvalue weighted by molar-refractivity contribution is 0.0526. The van der Waals surface area contributed by atoms with Gasteiger partial charge in [0.1, 0.15) is 23.5 Å². The van der Waals surface area contributed by atoms with Gasteiger partial charge in [-0.3, -0.25) is 9.48 Å². The van der Waals surface area contributed by atoms with E-state index in [1.54, 1.807) is 33.9 Å². The number of ether oxygens (including phenoxy) is 2. The van der Waals surface area contributed by atoms with Gasteiger partial charge in [0, 0.05) is 24.7 Å². The van der Waals surface area contributed by atoms with Crippen LogP contribution < -0.4 is 15.4 Å². The van der Waals surface area contributed by atoms with Crippen LogP contribution in [0.15, 0.2) is 42.9 Å². The molecule has 3 aromatic rings. The van der Waals surface area contributed by atoms with Crippen molar-refractivity contribution < 1.29 is 19.1 Å². The quantitative estimate of drug-likeness (QED) is 0.498. The van der Waals surface area contributed by atoms with Crippen LogP contribution in [0.4, 0.5) is 10.6 Å². The molecule has 0 aliphatic heterocycles. The van der Waals surface area contributed by atoms with Crippen molar-refractivity contribution in [1.29, 1.82) is 0 Å². The number of aromatic nitrogens is 5. The zero-order valence-corrected chi connectivity index (χ0v) is 19.0. The molecular weight excluding hydrogens is 426 g/mol. The summed E-state index contributed by atoms with van der Waals surface area (Å²) >= 11 is 0. The number of alkyl carbamates (subject to hydrolysis) is 1. The van der Waals surface area contributed by atoms with Gasteiger partial charge >= 0.3 is 6.09 Å². The lowest BCUT2D eigenvalue weighted by Crippen LogP contribution is -2.33. The van der Waals surface area contributed by atoms with Crippen LogP contribution in [-0.2, 0) is 11.3 Å². The highest BCUT2D eigenvalue weighted by Gasteiger charge is 2.16. The molecule has 11 nitrogen and oxygen atoms in total. The van der Waals surface area contributed by atoms with E-state index in [2.05, 4.69) is 30.9 Å². The summed E-state index contributed by atoms with van der Waals surface area (Å²) in [5, 5.41) is 13.2. The van der Waals surface area contributed by atoms with Gasteiger partial charge in [0.25, 0.3) is 5.91 Å². The molecule has 0 aliphatic carbocycles. The number of benzene rings is 1. The average molecular weight is 454 g/mol. The number of hydrogen-bond donors (Lipinski definition) is 2. The molecule has 2 aromatic heterocycles. The molecule has 33 heavy (non-hydrogen) atoms. The Hall–Kier alpha value is -4.02. The molecule has 0 saturated heterocycles. The summed E-state index contributed by atoms with van der Waals surface area (Å²) in [6.07, 6.45) is 3.04. The Morgan fingerprint density at radius 3 is 2.58 bits per heavy atom. The molecule has 0 bridgehead atoms. The van der Waals surface area contributed by atoms with Crippen LogP contribution in [0.25, 0.3) is 11.3 Å². The molecule has 0 unspecified atom stereocenters. The molecule has 0 atom stereocenters. The van der Waals surface area contributed by atoms with Crippen molar-refractivity contribution in [3.05, 3.63) is 48.5 Å². The van der Waals surface area contributed by atoms with Crippen molar-refractivity contribution in [2.24, 2.45) is 0 Å². The largest absolute Gasteiger partial charge is 0.497 e. The number of aryl methyl sites for hydroxylation is 1. The molecule has 3 rings (SSSR count). The smallest absolute Gasteiger partial charge is 0.407 e. The second-order valence-corrected chi connectivity index (χ2v) is 8.12. The van der Waals surface area contributed by atoms with Gasteiger partial charge in [0.05, 0.1) is 19.0 Å². The standard InChI is InChI=1S/C22H27N7O4/c1-22(2,3)33-21(31)23-10-5-11-29-13-18(27-28-29)20(30)26-19-12-17(24-14-25-19)15-6-8-16(32-4)9-7-15/h6-9,12-14H,5,10-11H2,1-4H3,(H,23,31)(H,24,25,26,30). The van der Waals surface area contributed by atoms with Gasteiger partial charge in [-0.1, -0.05) is 5.21 Å². The summed E-state index contributed by atoms with van der Waals surface area (Å²) in [5.41, 5.74) is 1.13. The highest BCUT2D eigenvalue weighted by Crippen LogP contribution is 2.22. The third kappa shape index (κ3) is 7.27. The highest BCUT2D eigenvalue weighted by atomic mass is 16.6. The highest BCUT2D eigenvalue weighted by molar-refractivity contribution is 6.02. The molecule has 0 fully saturated rings. The molecule has 174 valence electrons. The molecule has 0 spiro atoms. The van der Waals surface area contributed by atoms with Crippen molar-refractivity contribution in [2.45, 2.75) is 39.3 Å². The van der Waals surface area contributed by atoms with Crippen LogP contribution in [0.2, 0.25) is 0 Å². The summed E-state index contributed by atoms with van der Waals surface area (Å²) in [5.74, 6) is 0.648. The maximum Gasteiger partial charge on any atom is 0.407 e. The number of nitrogens with zero attached hydrogens (tertiary/aromatic N) is 5. The van der Waals surface area contributed by atoms with E-state index in [-0.39, 0.29) is 5.69 Å². The number of carbonyl (C=O) groups excluding carboxylic acids is 2. The van der Waals surface area contributed by atoms with Gasteiger partial charge in [0.2, 0.25) is 0 Å². The van der Waals surface area contributed by atoms with E-state index in [0.29, 0.717) is 31.0 Å². The maximum absolute atomic E-state index is 12.5. The first kappa shape index (κ1) is 23.6. The number of amides is 2. The molecule has 2 heterocycles. The second-order valence-electron chi connectivity index (χ2n) is 8.12. The molecule has 2 N–H and O–H groups in total. The second kappa shape index (κ2) is 10.5. The van der Waals surface area contributed by atoms with Crippen molar-refractivity contribution in [2.75, 3.05) is 19.0 Å². The summed E-state index contributed by atoms with van der Waals surface area (Å²) in [7, 11) is 1.60. The van der Waals surface area contributed by atoms with Crippen LogP contribution in [0.1, 0.15) is 37.7 Å². The molecule has 2 amide bonds. The lowest BCUT2D eigenvalue weighted by atomic mass is 10.1. The third-order valence-electron chi connectivity index (χ3n) is 4.30. The number of hydrogen-bond acceptors (Lipinski definition) is 8. The van der Waals surface area contributed by atoms with Crippen molar-refractivity contribution >= 4 is 17.8 Å². The summed E-state index contributed by atoms with van der Waals surface area (Å²) < 4.78 is 11.9. The number of rotatable bonds is 8. The van der Waals surface area contributed by atoms with Crippen LogP contribution >= 0.6 is 0 Å². The molecule has 0 radical (unpaired) electrons. The van der Waals surface area contributed by atoms with Gasteiger partial charge in [-0.05, 0) is 51.5 Å². The normalized spacial score (nSPS) is 11.0. The number of anilines is 1. The summed E-state index contributed by atoms with van der Waals surface area (Å²) in [6.45, 7) is 6.29. The van der Waals surface area contributed by atoms with Crippen molar-refractivity contribution in [1.82, 2.24) is 30.3 Å². The Bertz CT molecular complexity index is 1090. The molecule has 0 aliphatic rings. The summed E-state index contributed by atoms with van der Waals surface area (Å²) in [6, 6.07) is 9.08. The number of methoxy groups -OCH3 is 1. The topological polar surface area (TPSA) is 133 Å². The monoisotopic (exact) mass is 453 g/mol. The molecular formula is C22H27N7O4. The Balaban J connectivity index is 1.51. The summed E-state index contributed by atoms with van der Waals surface area (Å²) in [4.78, 5) is 32.5. The predicted molar refractivity (Wildman–Crippen MR) is 121 cm³/mol. The molecule has 1 aromatic carbocycles. The van der Waals surface area contributed by atoms with Gasteiger partial charge in [-0.15, -0.1) is 5.10 Å². The van der Waals surface area contributed by atoms with Gasteiger partial charge in [-0.2, -0.15) is 0 Å². The van der Waals surface area contributed by atoms with Crippen LogP contribution in [-0.4, -0.2) is 56.2 Å². The fourth-order valence-electron chi connectivity index (χ4n) is 2.78. The fourth-order valence-corrected chi connectivity index (χ4v) is 2.78. The zero-order valence-electron chi connectivity index (χ0n) is 19.0. The Labute approximate surface area is 191 Å². The average Bonchev–Trinajstić information content (AvgIpc) is 3.25. The minimum Gasteiger partial charge on any atom is -0.497 e. The first-order valence-corrected chi connectivity index (χ1v) is 10.4. The van der Waals surface area contributed by atoms with E-state index in [1.807, 2.05) is 24.3 Å². The first-order valence-electron chi connectivity index (χ1n) is 10.4. The first-order chi connectivity index (χ1) is 15.7. The zero-order chi connectivity index (χ0) is 23.8. The number of nitrogens with one attached hydrogen (secondary N) is 2. The minimum absolute atomic E-state index is 0.153. The molecule has 11 heteroatoms. The Morgan fingerprint density at radius 1 is 1.12 bits per heavy atom. The van der Waals surface area contributed by atoms with Crippen molar-refractivity contribution in [3.8, 4) is 17.0 Å². The van der Waals surface area contributed by atoms with E-state index in [4.69, 9.17) is 9.47 Å². The Kier molecular flexibility index (Phi) is 7.54. The number of carbonyl (C=O) groups is 2. The van der Waals surface area contributed by atoms with E-state index in [9.17, 15) is 9.59 Å². The van der Waals surface area contributed by atoms with Crippen LogP contribution in [0.5, 0.6) is 5.75 Å². The van der Waals surface area contributed by atoms with E-state index in [0.717, 1.165) is 11.3 Å². The minimum atomic E-state index is -0.544. The van der Waals surface area contributed by atoms with E-state index in [1.165, 1.54) is 17.2 Å².